The molecular formula is C11H21N3O4S. The number of imide groups is 1. The number of carboxylic acids is 1. The van der Waals surface area contributed by atoms with E-state index in [1.54, 1.807) is 0 Å². The Hall–Kier alpha value is -1.28. The fraction of sp³-hybridized carbons (Fsp3) is 0.727. The molecule has 0 bridgehead atoms. The van der Waals surface area contributed by atoms with Crippen molar-refractivity contribution in [2.45, 2.75) is 26.3 Å². The Bertz CT molecular complexity index is 323. The van der Waals surface area contributed by atoms with Crippen molar-refractivity contribution in [3.8, 4) is 0 Å². The van der Waals surface area contributed by atoms with Crippen LogP contribution >= 0.6 is 11.8 Å². The zero-order valence-electron chi connectivity index (χ0n) is 11.1. The first-order valence-corrected chi connectivity index (χ1v) is 7.12. The Morgan fingerprint density at radius 1 is 1.32 bits per heavy atom. The van der Waals surface area contributed by atoms with Gasteiger partial charge in [0.2, 0.25) is 5.91 Å². The van der Waals surface area contributed by atoms with E-state index in [9.17, 15) is 14.4 Å². The van der Waals surface area contributed by atoms with Crippen LogP contribution in [0.5, 0.6) is 0 Å². The van der Waals surface area contributed by atoms with E-state index in [0.29, 0.717) is 12.5 Å². The van der Waals surface area contributed by atoms with Crippen LogP contribution in [0.15, 0.2) is 0 Å². The molecule has 3 amide bonds. The highest BCUT2D eigenvalue weighted by Crippen LogP contribution is 2.01. The van der Waals surface area contributed by atoms with Crippen LogP contribution < -0.4 is 16.4 Å². The summed E-state index contributed by atoms with van der Waals surface area (Å²) in [5.74, 6) is -0.982. The lowest BCUT2D eigenvalue weighted by Crippen LogP contribution is -2.41. The fourth-order valence-electron chi connectivity index (χ4n) is 1.03. The van der Waals surface area contributed by atoms with Crippen LogP contribution in [0.2, 0.25) is 0 Å². The van der Waals surface area contributed by atoms with Crippen molar-refractivity contribution >= 4 is 29.7 Å². The minimum absolute atomic E-state index is 0.00141. The third-order valence-corrected chi connectivity index (χ3v) is 3.17. The van der Waals surface area contributed by atoms with Gasteiger partial charge in [0.15, 0.2) is 0 Å². The van der Waals surface area contributed by atoms with E-state index in [0.717, 1.165) is 18.2 Å². The van der Waals surface area contributed by atoms with E-state index in [1.807, 2.05) is 13.8 Å². The molecule has 0 aromatic rings. The highest BCUT2D eigenvalue weighted by Gasteiger charge is 2.13. The van der Waals surface area contributed by atoms with Gasteiger partial charge in [0, 0.05) is 12.3 Å². The molecule has 0 unspecified atom stereocenters. The molecule has 0 aromatic heterocycles. The number of urea groups is 1. The van der Waals surface area contributed by atoms with Crippen molar-refractivity contribution in [3.05, 3.63) is 0 Å². The van der Waals surface area contributed by atoms with Gasteiger partial charge in [-0.05, 0) is 12.3 Å². The zero-order valence-corrected chi connectivity index (χ0v) is 12.0. The topological polar surface area (TPSA) is 122 Å². The molecule has 110 valence electrons. The maximum atomic E-state index is 11.3. The van der Waals surface area contributed by atoms with Crippen molar-refractivity contribution in [1.82, 2.24) is 10.6 Å². The van der Waals surface area contributed by atoms with Gasteiger partial charge in [-0.25, -0.2) is 4.79 Å². The maximum Gasteiger partial charge on any atom is 0.321 e. The van der Waals surface area contributed by atoms with Crippen LogP contribution in [0.25, 0.3) is 0 Å². The van der Waals surface area contributed by atoms with Crippen molar-refractivity contribution in [2.75, 3.05) is 18.1 Å². The summed E-state index contributed by atoms with van der Waals surface area (Å²) < 4.78 is 0. The molecule has 0 heterocycles. The van der Waals surface area contributed by atoms with Crippen molar-refractivity contribution < 1.29 is 19.5 Å². The molecule has 0 rings (SSSR count). The quantitative estimate of drug-likeness (QED) is 0.499. The van der Waals surface area contributed by atoms with Gasteiger partial charge >= 0.3 is 12.0 Å². The highest BCUT2D eigenvalue weighted by atomic mass is 32.2. The van der Waals surface area contributed by atoms with E-state index in [4.69, 9.17) is 10.8 Å². The standard InChI is InChI=1S/C11H21N3O4S/c1-7(2)3-4-13-11(18)14-9(15)6-19-5-8(12)10(16)17/h7-8H,3-6,12H2,1-2H3,(H,16,17)(H2,13,14,15,18)/t8-/m0/s1. The lowest BCUT2D eigenvalue weighted by molar-refractivity contribution is -0.138. The Kier molecular flexibility index (Phi) is 8.98. The lowest BCUT2D eigenvalue weighted by atomic mass is 10.1. The van der Waals surface area contributed by atoms with Crippen LogP contribution in [0.1, 0.15) is 20.3 Å². The summed E-state index contributed by atoms with van der Waals surface area (Å²) in [6.07, 6.45) is 0.837. The van der Waals surface area contributed by atoms with E-state index in [1.165, 1.54) is 0 Å². The molecule has 19 heavy (non-hydrogen) atoms. The summed E-state index contributed by atoms with van der Waals surface area (Å²) >= 11 is 1.07. The minimum Gasteiger partial charge on any atom is -0.480 e. The summed E-state index contributed by atoms with van der Waals surface area (Å²) in [6.45, 7) is 4.58. The summed E-state index contributed by atoms with van der Waals surface area (Å²) in [4.78, 5) is 33.0. The second-order valence-corrected chi connectivity index (χ2v) is 5.48. The number of carbonyl (C=O) groups is 3. The number of aliphatic carboxylic acids is 1. The van der Waals surface area contributed by atoms with E-state index in [2.05, 4.69) is 10.6 Å². The Balaban J connectivity index is 3.68. The molecule has 1 atom stereocenters. The highest BCUT2D eigenvalue weighted by molar-refractivity contribution is 8.00. The first-order chi connectivity index (χ1) is 8.82. The number of hydrogen-bond donors (Lipinski definition) is 4. The molecule has 7 nitrogen and oxygen atoms in total. The van der Waals surface area contributed by atoms with Crippen LogP contribution in [0.4, 0.5) is 4.79 Å². The average Bonchev–Trinajstić information content (AvgIpc) is 2.27. The van der Waals surface area contributed by atoms with Gasteiger partial charge in [0.05, 0.1) is 5.75 Å². The molecule has 0 spiro atoms. The third kappa shape index (κ3) is 10.3. The maximum absolute atomic E-state index is 11.3. The first-order valence-electron chi connectivity index (χ1n) is 5.96. The van der Waals surface area contributed by atoms with Crippen LogP contribution in [-0.2, 0) is 9.59 Å². The van der Waals surface area contributed by atoms with Gasteiger partial charge in [-0.1, -0.05) is 13.8 Å². The first kappa shape index (κ1) is 17.7. The number of nitrogens with one attached hydrogen (secondary N) is 2. The van der Waals surface area contributed by atoms with Crippen molar-refractivity contribution in [1.29, 1.82) is 0 Å². The van der Waals surface area contributed by atoms with Gasteiger partial charge in [-0.2, -0.15) is 0 Å². The Labute approximate surface area is 116 Å². The lowest BCUT2D eigenvalue weighted by Gasteiger charge is -2.08. The SMILES string of the molecule is CC(C)CCNC(=O)NC(=O)CSC[C@H](N)C(=O)O. The largest absolute Gasteiger partial charge is 0.480 e. The van der Waals surface area contributed by atoms with Crippen LogP contribution in [-0.4, -0.2) is 47.1 Å². The zero-order chi connectivity index (χ0) is 14.8. The molecule has 0 aliphatic carbocycles. The Morgan fingerprint density at radius 2 is 1.95 bits per heavy atom. The number of nitrogens with two attached hydrogens (primary N) is 1. The van der Waals surface area contributed by atoms with E-state index in [-0.39, 0.29) is 11.5 Å². The minimum atomic E-state index is -1.11. The predicted molar refractivity (Wildman–Crippen MR) is 73.9 cm³/mol. The number of thioether (sulfide) groups is 1. The molecule has 8 heteroatoms. The number of carboxylic acid groups (broad SMARTS) is 1. The van der Waals surface area contributed by atoms with Crippen molar-refractivity contribution in [3.63, 3.8) is 0 Å². The predicted octanol–water partition coefficient (Wildman–Crippen LogP) is 0.00340. The molecule has 0 aromatic carbocycles. The molecule has 0 aliphatic rings. The van der Waals surface area contributed by atoms with E-state index >= 15 is 0 Å². The summed E-state index contributed by atoms with van der Waals surface area (Å²) in [7, 11) is 0. The normalized spacial score (nSPS) is 12.0. The molecule has 0 aliphatic heterocycles. The number of carbonyl (C=O) groups excluding carboxylic acids is 2. The monoisotopic (exact) mass is 291 g/mol. The number of hydrogen-bond acceptors (Lipinski definition) is 5. The van der Waals surface area contributed by atoms with E-state index < -0.39 is 23.9 Å². The second-order valence-electron chi connectivity index (χ2n) is 4.45. The summed E-state index contributed by atoms with van der Waals surface area (Å²) in [5, 5.41) is 13.3. The second kappa shape index (κ2) is 9.62. The molecule has 0 saturated carbocycles. The van der Waals surface area contributed by atoms with Crippen molar-refractivity contribution in [2.24, 2.45) is 11.7 Å². The number of rotatable bonds is 8. The van der Waals surface area contributed by atoms with Crippen LogP contribution in [0.3, 0.4) is 0 Å². The molecule has 0 radical (unpaired) electrons. The van der Waals surface area contributed by atoms with Gasteiger partial charge in [-0.15, -0.1) is 11.8 Å². The van der Waals surface area contributed by atoms with Gasteiger partial charge in [-0.3, -0.25) is 14.9 Å². The third-order valence-electron chi connectivity index (χ3n) is 2.11. The van der Waals surface area contributed by atoms with Gasteiger partial charge in [0.1, 0.15) is 6.04 Å². The summed E-state index contributed by atoms with van der Waals surface area (Å²) in [5.41, 5.74) is 5.27. The van der Waals surface area contributed by atoms with Crippen LogP contribution in [0, 0.1) is 5.92 Å². The summed E-state index contributed by atoms with van der Waals surface area (Å²) in [6, 6.07) is -1.54. The molecule has 5 N–H and O–H groups in total. The smallest absolute Gasteiger partial charge is 0.321 e. The van der Waals surface area contributed by atoms with Gasteiger partial charge in [0.25, 0.3) is 0 Å². The number of amides is 3. The fourth-order valence-corrected chi connectivity index (χ4v) is 1.80. The van der Waals surface area contributed by atoms with Gasteiger partial charge < -0.3 is 16.2 Å². The molecular weight excluding hydrogens is 270 g/mol. The average molecular weight is 291 g/mol. The molecule has 0 saturated heterocycles. The molecule has 0 fully saturated rings. The Morgan fingerprint density at radius 3 is 2.47 bits per heavy atom.